The minimum Gasteiger partial charge on any atom is -0.369 e. The van der Waals surface area contributed by atoms with Gasteiger partial charge in [0.15, 0.2) is 17.5 Å². The van der Waals surface area contributed by atoms with E-state index in [0.29, 0.717) is 28.6 Å². The third-order valence-corrected chi connectivity index (χ3v) is 4.92. The van der Waals surface area contributed by atoms with Crippen molar-refractivity contribution in [2.75, 3.05) is 25.0 Å². The first-order valence-corrected chi connectivity index (χ1v) is 9.30. The summed E-state index contributed by atoms with van der Waals surface area (Å²) in [7, 11) is 0. The van der Waals surface area contributed by atoms with Crippen LogP contribution in [0.2, 0.25) is 5.02 Å². The van der Waals surface area contributed by atoms with Gasteiger partial charge in [0.1, 0.15) is 5.65 Å². The summed E-state index contributed by atoms with van der Waals surface area (Å²) in [5.74, 6) is -0.418. The Kier molecular flexibility index (Phi) is 5.10. The molecule has 4 rings (SSSR count). The number of carbonyl (C=O) groups is 1. The van der Waals surface area contributed by atoms with E-state index in [4.69, 9.17) is 17.3 Å². The average Bonchev–Trinajstić information content (AvgIpc) is 3.06. The minimum absolute atomic E-state index is 0.0376. The summed E-state index contributed by atoms with van der Waals surface area (Å²) in [5, 5.41) is 4.39. The Morgan fingerprint density at radius 2 is 2.29 bits per heavy atom. The van der Waals surface area contributed by atoms with Crippen LogP contribution in [0.25, 0.3) is 22.4 Å². The van der Waals surface area contributed by atoms with Gasteiger partial charge in [-0.3, -0.25) is 9.69 Å². The third-order valence-electron chi connectivity index (χ3n) is 4.71. The first-order valence-electron chi connectivity index (χ1n) is 8.92. The Hall–Kier alpha value is -2.78. The van der Waals surface area contributed by atoms with Crippen LogP contribution in [0.1, 0.15) is 12.8 Å². The quantitative estimate of drug-likeness (QED) is 0.601. The molecule has 1 saturated heterocycles. The predicted molar refractivity (Wildman–Crippen MR) is 104 cm³/mol. The van der Waals surface area contributed by atoms with E-state index in [1.54, 1.807) is 18.5 Å². The van der Waals surface area contributed by atoms with E-state index in [2.05, 4.69) is 25.3 Å². The van der Waals surface area contributed by atoms with Gasteiger partial charge in [-0.1, -0.05) is 11.6 Å². The Morgan fingerprint density at radius 3 is 3.11 bits per heavy atom. The van der Waals surface area contributed by atoms with E-state index in [1.165, 1.54) is 0 Å². The fraction of sp³-hybridized carbons (Fsp3) is 0.333. The standard InChI is InChI=1S/C18H19ClFN7O/c19-10-4-12-13(6-23-16(12)22-5-10)17-24-7-14(20)18(26-17)25-11-2-1-3-27(8-11)9-15(21)28/h4-7,11H,1-3,8-9H2,(H2,21,28)(H,22,23)(H,24,25,26). The number of likely N-dealkylation sites (tertiary alicyclic amines) is 1. The number of hydrogen-bond acceptors (Lipinski definition) is 6. The molecule has 3 aromatic heterocycles. The highest BCUT2D eigenvalue weighted by Crippen LogP contribution is 2.28. The van der Waals surface area contributed by atoms with Gasteiger partial charge in [-0.15, -0.1) is 0 Å². The van der Waals surface area contributed by atoms with Crippen LogP contribution in [-0.4, -0.2) is 56.4 Å². The zero-order chi connectivity index (χ0) is 19.7. The highest BCUT2D eigenvalue weighted by molar-refractivity contribution is 6.31. The van der Waals surface area contributed by atoms with E-state index in [1.807, 2.05) is 4.90 Å². The van der Waals surface area contributed by atoms with Crippen molar-refractivity contribution in [2.24, 2.45) is 5.73 Å². The molecule has 0 saturated carbocycles. The summed E-state index contributed by atoms with van der Waals surface area (Å²) in [6.07, 6.45) is 6.15. The third kappa shape index (κ3) is 3.90. The van der Waals surface area contributed by atoms with Crippen LogP contribution in [0.15, 0.2) is 24.7 Å². The lowest BCUT2D eigenvalue weighted by atomic mass is 10.1. The Balaban J connectivity index is 1.59. The average molecular weight is 404 g/mol. The Labute approximate surface area is 165 Å². The van der Waals surface area contributed by atoms with Crippen LogP contribution < -0.4 is 11.1 Å². The molecule has 1 aliphatic heterocycles. The Morgan fingerprint density at radius 1 is 1.43 bits per heavy atom. The van der Waals surface area contributed by atoms with Crippen molar-refractivity contribution in [1.29, 1.82) is 0 Å². The van der Waals surface area contributed by atoms with Gasteiger partial charge in [0.05, 0.1) is 17.8 Å². The van der Waals surface area contributed by atoms with Gasteiger partial charge in [0.2, 0.25) is 5.91 Å². The number of pyridine rings is 1. The van der Waals surface area contributed by atoms with Crippen LogP contribution in [-0.2, 0) is 4.79 Å². The number of nitrogens with one attached hydrogen (secondary N) is 2. The molecule has 10 heteroatoms. The number of nitrogens with two attached hydrogens (primary N) is 1. The highest BCUT2D eigenvalue weighted by Gasteiger charge is 2.23. The van der Waals surface area contributed by atoms with Crippen LogP contribution in [0, 0.1) is 5.82 Å². The van der Waals surface area contributed by atoms with Gasteiger partial charge in [-0.2, -0.15) is 0 Å². The Bertz CT molecular complexity index is 1020. The molecule has 3 aromatic rings. The van der Waals surface area contributed by atoms with Crippen molar-refractivity contribution in [3.05, 3.63) is 35.5 Å². The molecule has 8 nitrogen and oxygen atoms in total. The maximum Gasteiger partial charge on any atom is 0.231 e. The van der Waals surface area contributed by atoms with Gasteiger partial charge in [-0.25, -0.2) is 19.3 Å². The van der Waals surface area contributed by atoms with Gasteiger partial charge < -0.3 is 16.0 Å². The van der Waals surface area contributed by atoms with E-state index in [9.17, 15) is 9.18 Å². The molecule has 0 bridgehead atoms. The summed E-state index contributed by atoms with van der Waals surface area (Å²) in [6, 6.07) is 1.72. The van der Waals surface area contributed by atoms with Crippen molar-refractivity contribution in [2.45, 2.75) is 18.9 Å². The SMILES string of the molecule is NC(=O)CN1CCCC(Nc2nc(-c3c[nH]c4ncc(Cl)cc34)ncc2F)C1. The van der Waals surface area contributed by atoms with Crippen molar-refractivity contribution < 1.29 is 9.18 Å². The van der Waals surface area contributed by atoms with Crippen molar-refractivity contribution in [1.82, 2.24) is 24.8 Å². The number of carbonyl (C=O) groups excluding carboxylic acids is 1. The molecule has 0 radical (unpaired) electrons. The molecule has 4 N–H and O–H groups in total. The normalized spacial score (nSPS) is 17.7. The number of primary amides is 1. The topological polar surface area (TPSA) is 113 Å². The molecule has 0 aliphatic carbocycles. The number of halogens is 2. The molecule has 1 unspecified atom stereocenters. The number of aromatic nitrogens is 4. The summed E-state index contributed by atoms with van der Waals surface area (Å²) in [4.78, 5) is 28.9. The van der Waals surface area contributed by atoms with Crippen molar-refractivity contribution in [3.8, 4) is 11.4 Å². The fourth-order valence-electron chi connectivity index (χ4n) is 3.49. The number of amides is 1. The van der Waals surface area contributed by atoms with Gasteiger partial charge in [0.25, 0.3) is 0 Å². The summed E-state index contributed by atoms with van der Waals surface area (Å²) in [6.45, 7) is 1.58. The number of aromatic amines is 1. The van der Waals surface area contributed by atoms with Crippen molar-refractivity contribution in [3.63, 3.8) is 0 Å². The van der Waals surface area contributed by atoms with Crippen LogP contribution in [0.5, 0.6) is 0 Å². The molecular weight excluding hydrogens is 385 g/mol. The van der Waals surface area contributed by atoms with Gasteiger partial charge in [0, 0.05) is 35.9 Å². The second-order valence-corrected chi connectivity index (χ2v) is 7.26. The number of piperidine rings is 1. The fourth-order valence-corrected chi connectivity index (χ4v) is 3.65. The van der Waals surface area contributed by atoms with E-state index >= 15 is 0 Å². The van der Waals surface area contributed by atoms with Gasteiger partial charge >= 0.3 is 0 Å². The maximum absolute atomic E-state index is 14.3. The van der Waals surface area contributed by atoms with Crippen molar-refractivity contribution >= 4 is 34.4 Å². The number of anilines is 1. The monoisotopic (exact) mass is 403 g/mol. The zero-order valence-electron chi connectivity index (χ0n) is 15.0. The number of fused-ring (bicyclic) bond motifs is 1. The van der Waals surface area contributed by atoms with Crippen LogP contribution >= 0.6 is 11.6 Å². The molecule has 28 heavy (non-hydrogen) atoms. The maximum atomic E-state index is 14.3. The molecular formula is C18H19ClFN7O. The summed E-state index contributed by atoms with van der Waals surface area (Å²) >= 11 is 6.04. The summed E-state index contributed by atoms with van der Waals surface area (Å²) < 4.78 is 14.3. The predicted octanol–water partition coefficient (Wildman–Crippen LogP) is 2.17. The summed E-state index contributed by atoms with van der Waals surface area (Å²) in [5.41, 5.74) is 6.61. The molecule has 0 spiro atoms. The van der Waals surface area contributed by atoms with Crippen LogP contribution in [0.4, 0.5) is 10.2 Å². The van der Waals surface area contributed by atoms with Gasteiger partial charge in [-0.05, 0) is 25.5 Å². The second kappa shape index (κ2) is 7.69. The molecule has 1 aliphatic rings. The lowest BCUT2D eigenvalue weighted by Gasteiger charge is -2.32. The molecule has 1 fully saturated rings. The molecule has 4 heterocycles. The highest BCUT2D eigenvalue weighted by atomic mass is 35.5. The molecule has 1 amide bonds. The van der Waals surface area contributed by atoms with E-state index < -0.39 is 5.82 Å². The molecule has 1 atom stereocenters. The molecule has 146 valence electrons. The lowest BCUT2D eigenvalue weighted by molar-refractivity contribution is -0.119. The largest absolute Gasteiger partial charge is 0.369 e. The number of nitrogens with zero attached hydrogens (tertiary/aromatic N) is 4. The number of hydrogen-bond donors (Lipinski definition) is 3. The molecule has 0 aromatic carbocycles. The van der Waals surface area contributed by atoms with E-state index in [-0.39, 0.29) is 24.3 Å². The van der Waals surface area contributed by atoms with E-state index in [0.717, 1.165) is 31.0 Å². The smallest absolute Gasteiger partial charge is 0.231 e. The first-order chi connectivity index (χ1) is 13.5. The van der Waals surface area contributed by atoms with Crippen LogP contribution in [0.3, 0.4) is 0 Å². The zero-order valence-corrected chi connectivity index (χ0v) is 15.7. The minimum atomic E-state index is -0.535. The number of H-pyrrole nitrogens is 1. The number of rotatable bonds is 5. The second-order valence-electron chi connectivity index (χ2n) is 6.83. The lowest BCUT2D eigenvalue weighted by Crippen LogP contribution is -2.45. The first kappa shape index (κ1) is 18.6.